The van der Waals surface area contributed by atoms with E-state index in [9.17, 15) is 0 Å². The molecule has 0 radical (unpaired) electrons. The molecule has 1 heterocycles. The molecule has 1 aromatic heterocycles. The largest absolute Gasteiger partial charge is 0.240 e. The number of alkyl halides is 1. The Labute approximate surface area is 111 Å². The number of hydrogen-bond acceptors (Lipinski definition) is 1. The van der Waals surface area contributed by atoms with Crippen LogP contribution in [-0.2, 0) is 5.33 Å². The summed E-state index contributed by atoms with van der Waals surface area (Å²) in [6, 6.07) is 8.54. The van der Waals surface area contributed by atoms with E-state index in [1.807, 2.05) is 10.9 Å². The van der Waals surface area contributed by atoms with Gasteiger partial charge in [0.1, 0.15) is 0 Å². The number of hydrogen-bond donors (Lipinski definition) is 0. The zero-order valence-electron chi connectivity index (χ0n) is 10.4. The fourth-order valence-electron chi connectivity index (χ4n) is 1.84. The summed E-state index contributed by atoms with van der Waals surface area (Å²) in [5.74, 6) is 0.471. The van der Waals surface area contributed by atoms with Crippen molar-refractivity contribution < 1.29 is 0 Å². The molecule has 17 heavy (non-hydrogen) atoms. The van der Waals surface area contributed by atoms with Crippen LogP contribution in [0, 0.1) is 6.92 Å². The Hall–Kier alpha value is -1.09. The third-order valence-electron chi connectivity index (χ3n) is 2.86. The zero-order valence-corrected chi connectivity index (χ0v) is 12.0. The van der Waals surface area contributed by atoms with Crippen molar-refractivity contribution in [1.82, 2.24) is 9.78 Å². The second-order valence-corrected chi connectivity index (χ2v) is 5.16. The van der Waals surface area contributed by atoms with Crippen molar-refractivity contribution in [1.29, 1.82) is 0 Å². The van der Waals surface area contributed by atoms with Crippen LogP contribution < -0.4 is 0 Å². The average Bonchev–Trinajstić information content (AvgIpc) is 2.78. The summed E-state index contributed by atoms with van der Waals surface area (Å²) in [4.78, 5) is 0. The Balaban J connectivity index is 2.38. The summed E-state index contributed by atoms with van der Waals surface area (Å²) in [7, 11) is 0. The SMILES string of the molecule is Cc1cc(CBr)ccc1-n1ccc(C(C)C)n1. The minimum absolute atomic E-state index is 0.471. The molecule has 0 spiro atoms. The van der Waals surface area contributed by atoms with Crippen molar-refractivity contribution in [3.63, 3.8) is 0 Å². The normalized spacial score (nSPS) is 11.1. The topological polar surface area (TPSA) is 17.8 Å². The maximum absolute atomic E-state index is 4.60. The van der Waals surface area contributed by atoms with Crippen molar-refractivity contribution in [3.05, 3.63) is 47.3 Å². The molecule has 0 unspecified atom stereocenters. The Bertz CT molecular complexity index is 515. The van der Waals surface area contributed by atoms with Gasteiger partial charge in [-0.2, -0.15) is 5.10 Å². The predicted molar refractivity (Wildman–Crippen MR) is 75.0 cm³/mol. The first-order valence-corrected chi connectivity index (χ1v) is 6.95. The fraction of sp³-hybridized carbons (Fsp3) is 0.357. The molecule has 0 atom stereocenters. The molecule has 2 nitrogen and oxygen atoms in total. The van der Waals surface area contributed by atoms with Crippen LogP contribution in [0.3, 0.4) is 0 Å². The molecule has 2 aromatic rings. The molecule has 0 amide bonds. The van der Waals surface area contributed by atoms with Crippen LogP contribution in [0.2, 0.25) is 0 Å². The molecule has 0 aliphatic carbocycles. The molecule has 1 aromatic carbocycles. The Morgan fingerprint density at radius 2 is 2.06 bits per heavy atom. The van der Waals surface area contributed by atoms with E-state index in [-0.39, 0.29) is 0 Å². The van der Waals surface area contributed by atoms with E-state index in [2.05, 4.69) is 66.1 Å². The van der Waals surface area contributed by atoms with Crippen molar-refractivity contribution in [2.24, 2.45) is 0 Å². The minimum Gasteiger partial charge on any atom is -0.240 e. The number of halogens is 1. The highest BCUT2D eigenvalue weighted by Gasteiger charge is 2.06. The Morgan fingerprint density at radius 1 is 1.29 bits per heavy atom. The molecule has 0 saturated heterocycles. The first kappa shape index (κ1) is 12.4. The lowest BCUT2D eigenvalue weighted by atomic mass is 10.1. The van der Waals surface area contributed by atoms with Gasteiger partial charge in [0.15, 0.2) is 0 Å². The fourth-order valence-corrected chi connectivity index (χ4v) is 2.19. The highest BCUT2D eigenvalue weighted by atomic mass is 79.9. The van der Waals surface area contributed by atoms with Gasteiger partial charge in [0.2, 0.25) is 0 Å². The maximum atomic E-state index is 4.60. The lowest BCUT2D eigenvalue weighted by Gasteiger charge is -2.07. The van der Waals surface area contributed by atoms with E-state index < -0.39 is 0 Å². The molecule has 0 N–H and O–H groups in total. The van der Waals surface area contributed by atoms with Gasteiger partial charge in [-0.05, 0) is 36.1 Å². The summed E-state index contributed by atoms with van der Waals surface area (Å²) in [5, 5.41) is 5.49. The number of benzene rings is 1. The van der Waals surface area contributed by atoms with Crippen molar-refractivity contribution in [2.75, 3.05) is 0 Å². The second-order valence-electron chi connectivity index (χ2n) is 4.59. The first-order valence-electron chi connectivity index (χ1n) is 5.83. The molecule has 0 saturated carbocycles. The quantitative estimate of drug-likeness (QED) is 0.776. The summed E-state index contributed by atoms with van der Waals surface area (Å²) in [5.41, 5.74) is 4.83. The van der Waals surface area contributed by atoms with Gasteiger partial charge in [0.05, 0.1) is 11.4 Å². The molecule has 0 aliphatic rings. The highest BCUT2D eigenvalue weighted by Crippen LogP contribution is 2.19. The number of aryl methyl sites for hydroxylation is 1. The molecule has 3 heteroatoms. The van der Waals surface area contributed by atoms with E-state index in [4.69, 9.17) is 0 Å². The zero-order chi connectivity index (χ0) is 12.4. The van der Waals surface area contributed by atoms with Gasteiger partial charge in [-0.3, -0.25) is 0 Å². The minimum atomic E-state index is 0.471. The van der Waals surface area contributed by atoms with E-state index in [0.717, 1.165) is 16.7 Å². The summed E-state index contributed by atoms with van der Waals surface area (Å²) in [6.45, 7) is 6.44. The maximum Gasteiger partial charge on any atom is 0.0675 e. The predicted octanol–water partition coefficient (Wildman–Crippen LogP) is 4.20. The van der Waals surface area contributed by atoms with Gasteiger partial charge in [0, 0.05) is 11.5 Å². The lowest BCUT2D eigenvalue weighted by molar-refractivity contribution is 0.766. The molecule has 0 bridgehead atoms. The number of nitrogens with zero attached hydrogens (tertiary/aromatic N) is 2. The molecule has 90 valence electrons. The van der Waals surface area contributed by atoms with E-state index >= 15 is 0 Å². The standard InChI is InChI=1S/C14H17BrN2/c1-10(2)13-6-7-17(16-13)14-5-4-12(9-15)8-11(14)3/h4-8,10H,9H2,1-3H3. The van der Waals surface area contributed by atoms with Crippen molar-refractivity contribution in [2.45, 2.75) is 32.0 Å². The molecular weight excluding hydrogens is 276 g/mol. The van der Waals surface area contributed by atoms with Gasteiger partial charge in [-0.1, -0.05) is 41.9 Å². The summed E-state index contributed by atoms with van der Waals surface area (Å²) < 4.78 is 1.96. The monoisotopic (exact) mass is 292 g/mol. The van der Waals surface area contributed by atoms with E-state index in [1.54, 1.807) is 0 Å². The van der Waals surface area contributed by atoms with E-state index in [1.165, 1.54) is 11.1 Å². The van der Waals surface area contributed by atoms with Crippen LogP contribution in [0.5, 0.6) is 0 Å². The van der Waals surface area contributed by atoms with Crippen LogP contribution in [0.25, 0.3) is 5.69 Å². The van der Waals surface area contributed by atoms with Crippen LogP contribution >= 0.6 is 15.9 Å². The smallest absolute Gasteiger partial charge is 0.0675 e. The number of rotatable bonds is 3. The third kappa shape index (κ3) is 2.60. The molecule has 0 fully saturated rings. The van der Waals surface area contributed by atoms with Crippen LogP contribution in [0.4, 0.5) is 0 Å². The molecule has 2 rings (SSSR count). The van der Waals surface area contributed by atoms with Gasteiger partial charge < -0.3 is 0 Å². The lowest BCUT2D eigenvalue weighted by Crippen LogP contribution is -2.00. The van der Waals surface area contributed by atoms with Gasteiger partial charge in [-0.15, -0.1) is 0 Å². The number of aromatic nitrogens is 2. The third-order valence-corrected chi connectivity index (χ3v) is 3.51. The summed E-state index contributed by atoms with van der Waals surface area (Å²) in [6.07, 6.45) is 2.03. The Kier molecular flexibility index (Phi) is 3.67. The van der Waals surface area contributed by atoms with E-state index in [0.29, 0.717) is 5.92 Å². The second kappa shape index (κ2) is 5.05. The average molecular weight is 293 g/mol. The van der Waals surface area contributed by atoms with Crippen LogP contribution in [0.1, 0.15) is 36.6 Å². The van der Waals surface area contributed by atoms with Crippen molar-refractivity contribution >= 4 is 15.9 Å². The van der Waals surface area contributed by atoms with Gasteiger partial charge in [-0.25, -0.2) is 4.68 Å². The molecular formula is C14H17BrN2. The Morgan fingerprint density at radius 3 is 2.59 bits per heavy atom. The van der Waals surface area contributed by atoms with Crippen molar-refractivity contribution in [3.8, 4) is 5.69 Å². The highest BCUT2D eigenvalue weighted by molar-refractivity contribution is 9.08. The summed E-state index contributed by atoms with van der Waals surface area (Å²) >= 11 is 3.47. The van der Waals surface area contributed by atoms with Gasteiger partial charge in [0.25, 0.3) is 0 Å². The molecule has 0 aliphatic heterocycles. The van der Waals surface area contributed by atoms with Gasteiger partial charge >= 0.3 is 0 Å². The van der Waals surface area contributed by atoms with Crippen LogP contribution in [0.15, 0.2) is 30.5 Å². The first-order chi connectivity index (χ1) is 8.11. The van der Waals surface area contributed by atoms with Crippen LogP contribution in [-0.4, -0.2) is 9.78 Å².